The molecule has 2 aromatic carbocycles. The molecule has 420 valence electrons. The van der Waals surface area contributed by atoms with E-state index in [1.54, 1.807) is 34.6 Å². The largest absolute Gasteiger partial charge is 0.465 e. The minimum atomic E-state index is -0.898. The number of nitrogens with zero attached hydrogens (tertiary/aromatic N) is 6. The molecule has 1 unspecified atom stereocenters. The van der Waals surface area contributed by atoms with Gasteiger partial charge in [-0.1, -0.05) is 245 Å². The summed E-state index contributed by atoms with van der Waals surface area (Å²) in [6.45, 7) is 26.6. The van der Waals surface area contributed by atoms with E-state index in [-0.39, 0.29) is 11.9 Å². The quantitative estimate of drug-likeness (QED) is 0.0223. The molecule has 0 saturated heterocycles. The molecule has 0 aliphatic rings. The van der Waals surface area contributed by atoms with Crippen molar-refractivity contribution in [1.82, 2.24) is 0 Å². The highest BCUT2D eigenvalue weighted by molar-refractivity contribution is 8.25. The maximum absolute atomic E-state index is 13.1. The number of benzene rings is 2. The number of carbonyl (C=O) groups is 2. The number of thiocarbonyl (C=S) groups is 2. The van der Waals surface area contributed by atoms with Crippen molar-refractivity contribution in [2.24, 2.45) is 15.6 Å². The second-order valence-electron chi connectivity index (χ2n) is 21.5. The summed E-state index contributed by atoms with van der Waals surface area (Å²) in [5.41, 5.74) is 0.0841. The Hall–Kier alpha value is -4.44. The van der Waals surface area contributed by atoms with Crippen LogP contribution in [0.3, 0.4) is 0 Å². The van der Waals surface area contributed by atoms with E-state index in [4.69, 9.17) is 49.7 Å². The summed E-state index contributed by atoms with van der Waals surface area (Å²) in [6.07, 6.45) is 25.7. The van der Waals surface area contributed by atoms with Crippen LogP contribution in [-0.4, -0.2) is 54.1 Å². The van der Waals surface area contributed by atoms with E-state index in [1.807, 2.05) is 107 Å². The Morgan fingerprint density at radius 2 is 0.868 bits per heavy atom. The van der Waals surface area contributed by atoms with Crippen molar-refractivity contribution in [3.05, 3.63) is 83.9 Å². The summed E-state index contributed by atoms with van der Waals surface area (Å²) >= 11 is 13.6. The zero-order chi connectivity index (χ0) is 57.9. The van der Waals surface area contributed by atoms with Gasteiger partial charge in [0.05, 0.1) is 51.3 Å². The van der Waals surface area contributed by atoms with Crippen LogP contribution in [0.5, 0.6) is 0 Å². The van der Waals surface area contributed by atoms with Gasteiger partial charge in [0, 0.05) is 5.57 Å². The van der Waals surface area contributed by atoms with Gasteiger partial charge in [0.2, 0.25) is 0 Å². The molecule has 0 aromatic heterocycles. The standard InChI is InChI=1S/C27H41NO2S2.C16H30O2.C11H11NS2.C8H12N4/c1-5-6-7-8-9-10-11-12-13-17-20-30-25(29)27(4,21-26(2,3)22-28)32-24(31)23-18-15-14-16-19-23;1-4-5-6-7-8-9-10-11-12-13-14-18-16(17)15(2)3;1-11(2,8-12)14-10(13)9-6-4-3-5-7-9;1-7(2,5-9)11-12-8(3,4)6-10/h14-16,18-19H,5-13,17,20-21H2,1-4H3;2,4-14H2,1,3H3;3-7H,1-2H3;1-4H3. The molecule has 2 aromatic rings. The zero-order valence-electron chi connectivity index (χ0n) is 48.7. The highest BCUT2D eigenvalue weighted by Crippen LogP contribution is 2.40. The second-order valence-corrected chi connectivity index (χ2v) is 26.0. The lowest BCUT2D eigenvalue weighted by Crippen LogP contribution is -2.39. The number of thioether (sulfide) groups is 2. The van der Waals surface area contributed by atoms with Crippen LogP contribution in [0.25, 0.3) is 0 Å². The summed E-state index contributed by atoms with van der Waals surface area (Å²) in [4.78, 5) is 24.2. The van der Waals surface area contributed by atoms with Crippen LogP contribution in [0.1, 0.15) is 229 Å². The minimum absolute atomic E-state index is 0.258. The van der Waals surface area contributed by atoms with Crippen LogP contribution in [0.2, 0.25) is 0 Å². The van der Waals surface area contributed by atoms with Crippen LogP contribution in [0.4, 0.5) is 0 Å². The van der Waals surface area contributed by atoms with Crippen molar-refractivity contribution >= 4 is 68.3 Å². The summed E-state index contributed by atoms with van der Waals surface area (Å²) < 4.78 is 10.8. The molecule has 1 atom stereocenters. The predicted molar refractivity (Wildman–Crippen MR) is 328 cm³/mol. The van der Waals surface area contributed by atoms with Crippen LogP contribution in [-0.2, 0) is 19.1 Å². The van der Waals surface area contributed by atoms with Crippen molar-refractivity contribution < 1.29 is 19.1 Å². The highest BCUT2D eigenvalue weighted by atomic mass is 32.2. The molecule has 0 saturated carbocycles. The van der Waals surface area contributed by atoms with Crippen molar-refractivity contribution in [2.75, 3.05) is 13.2 Å². The Balaban J connectivity index is 0. The molecule has 10 nitrogen and oxygen atoms in total. The number of hydrogen-bond acceptors (Lipinski definition) is 14. The molecule has 0 spiro atoms. The number of carbonyl (C=O) groups excluding carboxylic acids is 2. The van der Waals surface area contributed by atoms with Crippen molar-refractivity contribution in [2.45, 2.75) is 238 Å². The molecule has 0 bridgehead atoms. The molecular formula is C62H94N6O4S4. The monoisotopic (exact) mass is 1110 g/mol. The van der Waals surface area contributed by atoms with Gasteiger partial charge in [-0.2, -0.15) is 31.3 Å². The topological polar surface area (TPSA) is 172 Å². The Bertz CT molecular complexity index is 2140. The van der Waals surface area contributed by atoms with E-state index in [9.17, 15) is 14.9 Å². The lowest BCUT2D eigenvalue weighted by Gasteiger charge is -2.31. The van der Waals surface area contributed by atoms with Gasteiger partial charge < -0.3 is 9.47 Å². The van der Waals surface area contributed by atoms with Gasteiger partial charge in [-0.3, -0.25) is 4.79 Å². The molecule has 2 rings (SSSR count). The van der Waals surface area contributed by atoms with Gasteiger partial charge in [-0.15, -0.1) is 0 Å². The molecule has 0 fully saturated rings. The number of unbranched alkanes of at least 4 members (excludes halogenated alkanes) is 18. The lowest BCUT2D eigenvalue weighted by molar-refractivity contribution is -0.147. The highest BCUT2D eigenvalue weighted by Gasteiger charge is 2.42. The van der Waals surface area contributed by atoms with Gasteiger partial charge >= 0.3 is 11.9 Å². The Kier molecular flexibility index (Phi) is 41.2. The third-order valence-electron chi connectivity index (χ3n) is 11.4. The van der Waals surface area contributed by atoms with Crippen LogP contribution in [0, 0.1) is 50.7 Å². The number of nitriles is 4. The van der Waals surface area contributed by atoms with E-state index < -0.39 is 26.0 Å². The van der Waals surface area contributed by atoms with Gasteiger partial charge in [-0.25, -0.2) is 4.79 Å². The number of hydrogen-bond donors (Lipinski definition) is 0. The van der Waals surface area contributed by atoms with E-state index >= 15 is 0 Å². The Morgan fingerprint density at radius 3 is 1.20 bits per heavy atom. The summed E-state index contributed by atoms with van der Waals surface area (Å²) in [7, 11) is 0. The number of azo groups is 1. The second kappa shape index (κ2) is 42.6. The molecule has 0 radical (unpaired) electrons. The fourth-order valence-corrected chi connectivity index (χ4v) is 10.3. The molecule has 14 heteroatoms. The molecule has 0 N–H and O–H groups in total. The average Bonchev–Trinajstić information content (AvgIpc) is 3.39. The van der Waals surface area contributed by atoms with E-state index in [0.717, 1.165) is 34.6 Å². The number of rotatable bonds is 32. The molecule has 0 aliphatic heterocycles. The molecule has 0 heterocycles. The lowest BCUT2D eigenvalue weighted by atomic mass is 9.84. The molecule has 0 aliphatic carbocycles. The summed E-state index contributed by atoms with van der Waals surface area (Å²) in [5, 5.41) is 43.1. The summed E-state index contributed by atoms with van der Waals surface area (Å²) in [6, 6.07) is 27.9. The SMILES string of the molecule is C=C(C)C(=O)OCCCCCCCCCCCC.CC(C)(C#N)N=NC(C)(C)C#N.CC(C)(C#N)SC(=S)c1ccccc1.CCCCCCCCCCCCOC(=O)C(C)(CC(C)(C)C#N)SC(=S)c1ccccc1. The first-order valence-electron chi connectivity index (χ1n) is 27.5. The first-order valence-corrected chi connectivity index (χ1v) is 29.9. The maximum Gasteiger partial charge on any atom is 0.333 e. The van der Waals surface area contributed by atoms with E-state index in [2.05, 4.69) is 42.8 Å². The number of esters is 2. The fourth-order valence-electron chi connectivity index (χ4n) is 6.84. The van der Waals surface area contributed by atoms with Crippen molar-refractivity contribution in [3.63, 3.8) is 0 Å². The third kappa shape index (κ3) is 39.9. The van der Waals surface area contributed by atoms with E-state index in [0.29, 0.717) is 29.4 Å². The first-order chi connectivity index (χ1) is 35.8. The summed E-state index contributed by atoms with van der Waals surface area (Å²) in [5.74, 6) is -0.536. The fraction of sp³-hybridized carbons (Fsp3) is 0.645. The van der Waals surface area contributed by atoms with Crippen molar-refractivity contribution in [1.29, 1.82) is 21.0 Å². The maximum atomic E-state index is 13.1. The minimum Gasteiger partial charge on any atom is -0.465 e. The molecule has 0 amide bonds. The Labute approximate surface area is 481 Å². The zero-order valence-corrected chi connectivity index (χ0v) is 52.0. The van der Waals surface area contributed by atoms with Gasteiger partial charge in [-0.05, 0) is 99.6 Å². The molecular weight excluding hydrogens is 1020 g/mol. The van der Waals surface area contributed by atoms with Crippen LogP contribution in [0.15, 0.2) is 83.0 Å². The Morgan fingerprint density at radius 1 is 0.526 bits per heavy atom. The number of ether oxygens (including phenoxy) is 2. The van der Waals surface area contributed by atoms with Crippen LogP contribution < -0.4 is 0 Å². The normalized spacial score (nSPS) is 11.9. The van der Waals surface area contributed by atoms with E-state index in [1.165, 1.54) is 133 Å². The smallest absolute Gasteiger partial charge is 0.333 e. The van der Waals surface area contributed by atoms with Gasteiger partial charge in [0.25, 0.3) is 0 Å². The van der Waals surface area contributed by atoms with Gasteiger partial charge in [0.1, 0.15) is 9.49 Å². The van der Waals surface area contributed by atoms with Crippen molar-refractivity contribution in [3.8, 4) is 24.3 Å². The van der Waals surface area contributed by atoms with Gasteiger partial charge in [0.15, 0.2) is 11.1 Å². The predicted octanol–water partition coefficient (Wildman–Crippen LogP) is 18.7. The average molecular weight is 1120 g/mol. The van der Waals surface area contributed by atoms with Crippen LogP contribution >= 0.6 is 48.0 Å². The molecule has 76 heavy (non-hydrogen) atoms. The first kappa shape index (κ1) is 73.6. The third-order valence-corrected chi connectivity index (χ3v) is 14.6.